The molecule has 1 aromatic rings. The van der Waals surface area contributed by atoms with Gasteiger partial charge >= 0.3 is 0 Å². The molecule has 21 heavy (non-hydrogen) atoms. The molecule has 0 aromatic carbocycles. The van der Waals surface area contributed by atoms with Gasteiger partial charge < -0.3 is 4.90 Å². The van der Waals surface area contributed by atoms with Gasteiger partial charge in [0, 0.05) is 25.3 Å². The van der Waals surface area contributed by atoms with Gasteiger partial charge in [-0.1, -0.05) is 25.8 Å². The Balaban J connectivity index is 1.68. The minimum Gasteiger partial charge on any atom is -0.357 e. The van der Waals surface area contributed by atoms with E-state index in [0.717, 1.165) is 0 Å². The summed E-state index contributed by atoms with van der Waals surface area (Å²) >= 11 is 0. The molecule has 0 spiro atoms. The Morgan fingerprint density at radius 2 is 1.90 bits per heavy atom. The molecule has 1 atom stereocenters. The molecule has 3 heteroatoms. The second kappa shape index (κ2) is 7.26. The third-order valence-electron chi connectivity index (χ3n) is 5.00. The molecular weight excluding hydrogens is 258 g/mol. The van der Waals surface area contributed by atoms with Crippen molar-refractivity contribution in [3.63, 3.8) is 0 Å². The number of hydrogen-bond donors (Lipinski definition) is 0. The van der Waals surface area contributed by atoms with Crippen molar-refractivity contribution in [2.75, 3.05) is 31.1 Å². The molecule has 1 unspecified atom stereocenters. The first-order valence-corrected chi connectivity index (χ1v) is 8.83. The summed E-state index contributed by atoms with van der Waals surface area (Å²) in [6, 6.07) is 5.17. The molecule has 0 amide bonds. The molecule has 116 valence electrons. The first kappa shape index (κ1) is 14.8. The van der Waals surface area contributed by atoms with Crippen molar-refractivity contribution in [3.8, 4) is 0 Å². The van der Waals surface area contributed by atoms with Crippen LogP contribution in [0.2, 0.25) is 0 Å². The van der Waals surface area contributed by atoms with Crippen LogP contribution in [0.1, 0.15) is 63.5 Å². The number of nitrogens with zero attached hydrogens (tertiary/aromatic N) is 3. The number of piperidine rings is 1. The SMILES string of the molecule is CCCCN1CCCCC1c1ccc(N2CCCC2)nc1. The van der Waals surface area contributed by atoms with Crippen molar-refractivity contribution in [3.05, 3.63) is 23.9 Å². The molecule has 3 rings (SSSR count). The number of unbranched alkanes of at least 4 members (excludes halogenated alkanes) is 1. The van der Waals surface area contributed by atoms with Crippen LogP contribution in [0.15, 0.2) is 18.3 Å². The van der Waals surface area contributed by atoms with E-state index in [-0.39, 0.29) is 0 Å². The number of aromatic nitrogens is 1. The van der Waals surface area contributed by atoms with E-state index in [1.807, 2.05) is 0 Å². The Hall–Kier alpha value is -1.09. The fourth-order valence-corrected chi connectivity index (χ4v) is 3.73. The van der Waals surface area contributed by atoms with Gasteiger partial charge in [-0.25, -0.2) is 4.98 Å². The summed E-state index contributed by atoms with van der Waals surface area (Å²) in [6.45, 7) is 7.15. The number of likely N-dealkylation sites (tertiary alicyclic amines) is 1. The molecule has 2 fully saturated rings. The van der Waals surface area contributed by atoms with Gasteiger partial charge in [0.2, 0.25) is 0 Å². The monoisotopic (exact) mass is 287 g/mol. The van der Waals surface area contributed by atoms with Gasteiger partial charge in [-0.05, 0) is 56.8 Å². The Morgan fingerprint density at radius 3 is 2.62 bits per heavy atom. The highest BCUT2D eigenvalue weighted by molar-refractivity contribution is 5.40. The van der Waals surface area contributed by atoms with Crippen LogP contribution in [-0.2, 0) is 0 Å². The van der Waals surface area contributed by atoms with Crippen molar-refractivity contribution >= 4 is 5.82 Å². The predicted octanol–water partition coefficient (Wildman–Crippen LogP) is 4.01. The third-order valence-corrected chi connectivity index (χ3v) is 5.00. The van der Waals surface area contributed by atoms with E-state index < -0.39 is 0 Å². The third kappa shape index (κ3) is 3.57. The first-order valence-electron chi connectivity index (χ1n) is 8.83. The maximum Gasteiger partial charge on any atom is 0.128 e. The van der Waals surface area contributed by atoms with Gasteiger partial charge in [-0.2, -0.15) is 0 Å². The molecule has 2 aliphatic heterocycles. The second-order valence-electron chi connectivity index (χ2n) is 6.54. The van der Waals surface area contributed by atoms with Crippen LogP contribution in [0, 0.1) is 0 Å². The molecule has 0 saturated carbocycles. The van der Waals surface area contributed by atoms with Gasteiger partial charge in [0.25, 0.3) is 0 Å². The summed E-state index contributed by atoms with van der Waals surface area (Å²) in [5.74, 6) is 1.17. The smallest absolute Gasteiger partial charge is 0.128 e. The van der Waals surface area contributed by atoms with E-state index in [0.29, 0.717) is 6.04 Å². The summed E-state index contributed by atoms with van der Waals surface area (Å²) in [5.41, 5.74) is 1.42. The zero-order chi connectivity index (χ0) is 14.5. The lowest BCUT2D eigenvalue weighted by atomic mass is 9.96. The molecule has 3 heterocycles. The van der Waals surface area contributed by atoms with Crippen LogP contribution in [-0.4, -0.2) is 36.1 Å². The van der Waals surface area contributed by atoms with Crippen molar-refractivity contribution in [1.29, 1.82) is 0 Å². The van der Waals surface area contributed by atoms with E-state index >= 15 is 0 Å². The van der Waals surface area contributed by atoms with Gasteiger partial charge in [0.15, 0.2) is 0 Å². The summed E-state index contributed by atoms with van der Waals surface area (Å²) in [7, 11) is 0. The Labute approximate surface area is 129 Å². The number of pyridine rings is 1. The van der Waals surface area contributed by atoms with E-state index in [4.69, 9.17) is 4.98 Å². The Kier molecular flexibility index (Phi) is 5.13. The van der Waals surface area contributed by atoms with Gasteiger partial charge in [-0.3, -0.25) is 4.90 Å². The lowest BCUT2D eigenvalue weighted by Gasteiger charge is -2.36. The van der Waals surface area contributed by atoms with E-state index in [1.54, 1.807) is 0 Å². The summed E-state index contributed by atoms with van der Waals surface area (Å²) in [6.07, 6.45) is 11.4. The average Bonchev–Trinajstić information content (AvgIpc) is 3.08. The minimum absolute atomic E-state index is 0.602. The van der Waals surface area contributed by atoms with Crippen LogP contribution in [0.3, 0.4) is 0 Å². The van der Waals surface area contributed by atoms with Gasteiger partial charge in [0.05, 0.1) is 0 Å². The van der Waals surface area contributed by atoms with E-state index in [9.17, 15) is 0 Å². The number of anilines is 1. The molecule has 0 radical (unpaired) electrons. The van der Waals surface area contributed by atoms with Crippen molar-refractivity contribution in [1.82, 2.24) is 9.88 Å². The lowest BCUT2D eigenvalue weighted by molar-refractivity contribution is 0.146. The van der Waals surface area contributed by atoms with Crippen LogP contribution in [0.4, 0.5) is 5.82 Å². The molecule has 3 nitrogen and oxygen atoms in total. The van der Waals surface area contributed by atoms with Crippen molar-refractivity contribution < 1.29 is 0 Å². The normalized spacial score (nSPS) is 23.7. The quantitative estimate of drug-likeness (QED) is 0.815. The zero-order valence-electron chi connectivity index (χ0n) is 13.4. The Morgan fingerprint density at radius 1 is 1.10 bits per heavy atom. The molecule has 0 aliphatic carbocycles. The highest BCUT2D eigenvalue weighted by Gasteiger charge is 2.24. The molecule has 2 saturated heterocycles. The van der Waals surface area contributed by atoms with Crippen LogP contribution in [0.25, 0.3) is 0 Å². The Bertz CT molecular complexity index is 423. The van der Waals surface area contributed by atoms with Gasteiger partial charge in [0.1, 0.15) is 5.82 Å². The van der Waals surface area contributed by atoms with E-state index in [1.165, 1.54) is 82.5 Å². The fraction of sp³-hybridized carbons (Fsp3) is 0.722. The van der Waals surface area contributed by atoms with Crippen LogP contribution < -0.4 is 4.90 Å². The van der Waals surface area contributed by atoms with Gasteiger partial charge in [-0.15, -0.1) is 0 Å². The molecule has 0 N–H and O–H groups in total. The first-order chi connectivity index (χ1) is 10.4. The standard InChI is InChI=1S/C18H29N3/c1-2-3-11-20-12-5-4-8-17(20)16-9-10-18(19-15-16)21-13-6-7-14-21/h9-10,15,17H,2-8,11-14H2,1H3. The molecule has 2 aliphatic rings. The highest BCUT2D eigenvalue weighted by Crippen LogP contribution is 2.31. The molecular formula is C18H29N3. The van der Waals surface area contributed by atoms with Crippen LogP contribution >= 0.6 is 0 Å². The van der Waals surface area contributed by atoms with E-state index in [2.05, 4.69) is 35.1 Å². The summed E-state index contributed by atoms with van der Waals surface area (Å²) in [4.78, 5) is 9.85. The highest BCUT2D eigenvalue weighted by atomic mass is 15.2. The molecule has 1 aromatic heterocycles. The van der Waals surface area contributed by atoms with Crippen molar-refractivity contribution in [2.24, 2.45) is 0 Å². The number of rotatable bonds is 5. The largest absolute Gasteiger partial charge is 0.357 e. The second-order valence-corrected chi connectivity index (χ2v) is 6.54. The topological polar surface area (TPSA) is 19.4 Å². The van der Waals surface area contributed by atoms with Crippen molar-refractivity contribution in [2.45, 2.75) is 57.9 Å². The number of hydrogen-bond acceptors (Lipinski definition) is 3. The minimum atomic E-state index is 0.602. The average molecular weight is 287 g/mol. The molecule has 0 bridgehead atoms. The summed E-state index contributed by atoms with van der Waals surface area (Å²) < 4.78 is 0. The fourth-order valence-electron chi connectivity index (χ4n) is 3.73. The summed E-state index contributed by atoms with van der Waals surface area (Å²) in [5, 5.41) is 0. The predicted molar refractivity (Wildman–Crippen MR) is 88.8 cm³/mol. The zero-order valence-corrected chi connectivity index (χ0v) is 13.4. The van der Waals surface area contributed by atoms with Crippen LogP contribution in [0.5, 0.6) is 0 Å². The maximum absolute atomic E-state index is 4.75. The maximum atomic E-state index is 4.75. The lowest BCUT2D eigenvalue weighted by Crippen LogP contribution is -2.34.